The van der Waals surface area contributed by atoms with E-state index in [9.17, 15) is 0 Å². The van der Waals surface area contributed by atoms with E-state index in [-0.39, 0.29) is 0 Å². The smallest absolute Gasteiger partial charge is 0.225 e. The summed E-state index contributed by atoms with van der Waals surface area (Å²) in [5.74, 6) is 1.56. The maximum Gasteiger partial charge on any atom is 0.225 e. The number of benzene rings is 1. The lowest BCUT2D eigenvalue weighted by molar-refractivity contribution is 0.758. The average Bonchev–Trinajstić information content (AvgIpc) is 2.53. The summed E-state index contributed by atoms with van der Waals surface area (Å²) in [6, 6.07) is 12.6. The first-order valence-electron chi connectivity index (χ1n) is 7.67. The van der Waals surface area contributed by atoms with Crippen molar-refractivity contribution < 1.29 is 0 Å². The first-order chi connectivity index (χ1) is 10.2. The van der Waals surface area contributed by atoms with Crippen molar-refractivity contribution in [2.75, 3.05) is 17.2 Å². The molecule has 0 saturated carbocycles. The van der Waals surface area contributed by atoms with Gasteiger partial charge in [-0.05, 0) is 19.8 Å². The third-order valence-corrected chi connectivity index (χ3v) is 3.34. The fourth-order valence-corrected chi connectivity index (χ4v) is 1.95. The Kier molecular flexibility index (Phi) is 5.55. The monoisotopic (exact) mass is 284 g/mol. The number of hydrogen-bond acceptors (Lipinski definition) is 4. The number of nitrogens with one attached hydrogen (secondary N) is 2. The molecule has 0 bridgehead atoms. The minimum atomic E-state index is 0.391. The van der Waals surface area contributed by atoms with Crippen LogP contribution >= 0.6 is 0 Å². The van der Waals surface area contributed by atoms with Crippen LogP contribution in [-0.2, 0) is 0 Å². The van der Waals surface area contributed by atoms with Crippen LogP contribution in [0, 0.1) is 0 Å². The highest BCUT2D eigenvalue weighted by molar-refractivity contribution is 5.64. The molecule has 2 rings (SSSR count). The standard InChI is InChI=1S/C17H24N4/c1-4-11-18-17-20-15(14-9-7-6-8-10-14)12-16(21-17)19-13(3)5-2/h6-10,12-13H,4-5,11H2,1-3H3,(H2,18,19,20,21). The normalized spacial score (nSPS) is 12.0. The van der Waals surface area contributed by atoms with Crippen molar-refractivity contribution >= 4 is 11.8 Å². The SMILES string of the molecule is CCCNc1nc(NC(C)CC)cc(-c2ccccc2)n1. The van der Waals surface area contributed by atoms with Gasteiger partial charge in [0.05, 0.1) is 5.69 Å². The molecule has 112 valence electrons. The predicted octanol–water partition coefficient (Wildman–Crippen LogP) is 4.18. The molecule has 2 N–H and O–H groups in total. The fourth-order valence-electron chi connectivity index (χ4n) is 1.95. The first-order valence-corrected chi connectivity index (χ1v) is 7.67. The summed E-state index contributed by atoms with van der Waals surface area (Å²) >= 11 is 0. The molecule has 1 aromatic heterocycles. The Hall–Kier alpha value is -2.10. The Bertz CT molecular complexity index is 554. The van der Waals surface area contributed by atoms with Crippen molar-refractivity contribution in [3.8, 4) is 11.3 Å². The van der Waals surface area contributed by atoms with Crippen LogP contribution in [0.5, 0.6) is 0 Å². The van der Waals surface area contributed by atoms with Gasteiger partial charge in [-0.3, -0.25) is 0 Å². The Morgan fingerprint density at radius 1 is 1.10 bits per heavy atom. The summed E-state index contributed by atoms with van der Waals surface area (Å²) in [6.07, 6.45) is 2.11. The lowest BCUT2D eigenvalue weighted by atomic mass is 10.1. The second-order valence-corrected chi connectivity index (χ2v) is 5.21. The molecule has 0 fully saturated rings. The fraction of sp³-hybridized carbons (Fsp3) is 0.412. The van der Waals surface area contributed by atoms with Gasteiger partial charge in [0.1, 0.15) is 5.82 Å². The quantitative estimate of drug-likeness (QED) is 0.801. The molecule has 4 heteroatoms. The van der Waals surface area contributed by atoms with Crippen LogP contribution in [0.2, 0.25) is 0 Å². The molecule has 2 aromatic rings. The molecule has 1 unspecified atom stereocenters. The van der Waals surface area contributed by atoms with E-state index in [4.69, 9.17) is 0 Å². The van der Waals surface area contributed by atoms with E-state index >= 15 is 0 Å². The minimum absolute atomic E-state index is 0.391. The zero-order valence-electron chi connectivity index (χ0n) is 13.1. The Balaban J connectivity index is 2.32. The predicted molar refractivity (Wildman–Crippen MR) is 89.6 cm³/mol. The van der Waals surface area contributed by atoms with Crippen molar-refractivity contribution in [1.82, 2.24) is 9.97 Å². The number of anilines is 2. The van der Waals surface area contributed by atoms with E-state index in [0.29, 0.717) is 12.0 Å². The van der Waals surface area contributed by atoms with Gasteiger partial charge < -0.3 is 10.6 Å². The summed E-state index contributed by atoms with van der Waals surface area (Å²) < 4.78 is 0. The van der Waals surface area contributed by atoms with Gasteiger partial charge in [-0.25, -0.2) is 4.98 Å². The summed E-state index contributed by atoms with van der Waals surface area (Å²) in [5, 5.41) is 6.70. The molecule has 0 aliphatic rings. The summed E-state index contributed by atoms with van der Waals surface area (Å²) in [7, 11) is 0. The van der Waals surface area contributed by atoms with Crippen LogP contribution in [0.3, 0.4) is 0 Å². The third-order valence-electron chi connectivity index (χ3n) is 3.34. The summed E-state index contributed by atoms with van der Waals surface area (Å²) in [4.78, 5) is 9.16. The zero-order valence-corrected chi connectivity index (χ0v) is 13.1. The first kappa shape index (κ1) is 15.3. The van der Waals surface area contributed by atoms with E-state index in [1.807, 2.05) is 24.3 Å². The van der Waals surface area contributed by atoms with Gasteiger partial charge in [0.15, 0.2) is 0 Å². The van der Waals surface area contributed by atoms with Crippen LogP contribution in [0.1, 0.15) is 33.6 Å². The largest absolute Gasteiger partial charge is 0.367 e. The van der Waals surface area contributed by atoms with Crippen LogP contribution in [0.25, 0.3) is 11.3 Å². The molecule has 0 spiro atoms. The van der Waals surface area contributed by atoms with Crippen LogP contribution < -0.4 is 10.6 Å². The van der Waals surface area contributed by atoms with Crippen LogP contribution in [0.15, 0.2) is 36.4 Å². The number of rotatable bonds is 7. The van der Waals surface area contributed by atoms with E-state index in [1.165, 1.54) is 0 Å². The molecule has 0 amide bonds. The summed E-state index contributed by atoms with van der Waals surface area (Å²) in [5.41, 5.74) is 2.04. The molecule has 0 aliphatic heterocycles. The Labute approximate surface area is 127 Å². The van der Waals surface area contributed by atoms with Crippen molar-refractivity contribution in [3.05, 3.63) is 36.4 Å². The second-order valence-electron chi connectivity index (χ2n) is 5.21. The van der Waals surface area contributed by atoms with Gasteiger partial charge >= 0.3 is 0 Å². The van der Waals surface area contributed by atoms with Crippen molar-refractivity contribution in [3.63, 3.8) is 0 Å². The molecule has 1 aromatic carbocycles. The zero-order chi connectivity index (χ0) is 15.1. The van der Waals surface area contributed by atoms with Gasteiger partial charge in [0.25, 0.3) is 0 Å². The molecular weight excluding hydrogens is 260 g/mol. The van der Waals surface area contributed by atoms with Gasteiger partial charge in [-0.15, -0.1) is 0 Å². The van der Waals surface area contributed by atoms with Crippen molar-refractivity contribution in [2.24, 2.45) is 0 Å². The van der Waals surface area contributed by atoms with Crippen LogP contribution in [-0.4, -0.2) is 22.6 Å². The topological polar surface area (TPSA) is 49.8 Å². The van der Waals surface area contributed by atoms with Gasteiger partial charge in [0.2, 0.25) is 5.95 Å². The molecule has 21 heavy (non-hydrogen) atoms. The minimum Gasteiger partial charge on any atom is -0.367 e. The second kappa shape index (κ2) is 7.62. The highest BCUT2D eigenvalue weighted by Crippen LogP contribution is 2.21. The van der Waals surface area contributed by atoms with E-state index in [0.717, 1.165) is 36.5 Å². The molecule has 4 nitrogen and oxygen atoms in total. The Morgan fingerprint density at radius 2 is 1.86 bits per heavy atom. The number of nitrogens with zero attached hydrogens (tertiary/aromatic N) is 2. The maximum absolute atomic E-state index is 4.61. The van der Waals surface area contributed by atoms with Gasteiger partial charge in [0, 0.05) is 24.2 Å². The molecule has 1 heterocycles. The molecule has 1 atom stereocenters. The number of hydrogen-bond donors (Lipinski definition) is 2. The average molecular weight is 284 g/mol. The highest BCUT2D eigenvalue weighted by Gasteiger charge is 2.08. The van der Waals surface area contributed by atoms with E-state index < -0.39 is 0 Å². The van der Waals surface area contributed by atoms with E-state index in [2.05, 4.69) is 53.5 Å². The Morgan fingerprint density at radius 3 is 2.52 bits per heavy atom. The lowest BCUT2D eigenvalue weighted by Crippen LogP contribution is -2.16. The molecule has 0 aliphatic carbocycles. The molecule has 0 saturated heterocycles. The lowest BCUT2D eigenvalue weighted by Gasteiger charge is -2.14. The van der Waals surface area contributed by atoms with Crippen molar-refractivity contribution in [1.29, 1.82) is 0 Å². The van der Waals surface area contributed by atoms with Gasteiger partial charge in [-0.1, -0.05) is 44.2 Å². The van der Waals surface area contributed by atoms with Crippen molar-refractivity contribution in [2.45, 2.75) is 39.7 Å². The highest BCUT2D eigenvalue weighted by atomic mass is 15.1. The third kappa shape index (κ3) is 4.45. The molecular formula is C17H24N4. The van der Waals surface area contributed by atoms with E-state index in [1.54, 1.807) is 0 Å². The summed E-state index contributed by atoms with van der Waals surface area (Å²) in [6.45, 7) is 7.32. The van der Waals surface area contributed by atoms with Crippen LogP contribution in [0.4, 0.5) is 11.8 Å². The van der Waals surface area contributed by atoms with Gasteiger partial charge in [-0.2, -0.15) is 4.98 Å². The molecule has 0 radical (unpaired) electrons. The maximum atomic E-state index is 4.61. The number of aromatic nitrogens is 2.